The Morgan fingerprint density at radius 1 is 0.789 bits per heavy atom. The molecule has 0 aromatic rings. The van der Waals surface area contributed by atoms with Gasteiger partial charge in [0.15, 0.2) is 5.96 Å². The molecule has 3 amide bonds. The molecule has 0 bridgehead atoms. The number of nitrogens with zero attached hydrogens (tertiary/aromatic N) is 1. The van der Waals surface area contributed by atoms with Crippen LogP contribution in [0.3, 0.4) is 0 Å². The molecule has 0 aromatic heterocycles. The van der Waals surface area contributed by atoms with Gasteiger partial charge in [-0.25, -0.2) is 4.79 Å². The van der Waals surface area contributed by atoms with Gasteiger partial charge in [-0.3, -0.25) is 29.0 Å². The lowest BCUT2D eigenvalue weighted by molar-refractivity contribution is -0.144. The fourth-order valence-electron chi connectivity index (χ4n) is 3.20. The Hall–Kier alpha value is -3.95. The van der Waals surface area contributed by atoms with Crippen molar-refractivity contribution in [3.63, 3.8) is 0 Å². The molecule has 16 heteroatoms. The number of nitrogens with one attached hydrogen (secondary N) is 3. The van der Waals surface area contributed by atoms with Crippen molar-refractivity contribution in [2.75, 3.05) is 6.54 Å². The molecule has 0 spiro atoms. The minimum Gasteiger partial charge on any atom is -0.481 e. The standard InChI is InChI=1S/C22H39N7O9/c1-3-11(2)17(20(36)28-14(21(37)38)7-9-16(32)33)29-19(35)13(5-4-10-26-22(24)25)27-18(34)12(23)6-8-15(30)31/h11-14,17H,3-10,23H2,1-2H3,(H,27,34)(H,28,36)(H,29,35)(H,30,31)(H,32,33)(H,37,38)(H4,24,25,26). The van der Waals surface area contributed by atoms with Gasteiger partial charge in [0.2, 0.25) is 17.7 Å². The third-order valence-electron chi connectivity index (χ3n) is 5.64. The summed E-state index contributed by atoms with van der Waals surface area (Å²) in [5, 5.41) is 34.2. The van der Waals surface area contributed by atoms with Gasteiger partial charge in [-0.15, -0.1) is 0 Å². The highest BCUT2D eigenvalue weighted by Gasteiger charge is 2.32. The van der Waals surface area contributed by atoms with Crippen molar-refractivity contribution in [1.82, 2.24) is 16.0 Å². The number of hydrogen-bond donors (Lipinski definition) is 9. The Morgan fingerprint density at radius 2 is 1.34 bits per heavy atom. The summed E-state index contributed by atoms with van der Waals surface area (Å²) in [6.07, 6.45) is -0.707. The number of aliphatic imine (C=N–C) groups is 1. The maximum absolute atomic E-state index is 13.1. The first-order valence-corrected chi connectivity index (χ1v) is 12.1. The number of amides is 3. The Labute approximate surface area is 219 Å². The van der Waals surface area contributed by atoms with Crippen LogP contribution in [0.15, 0.2) is 4.99 Å². The number of guanidine groups is 1. The first kappa shape index (κ1) is 34.0. The van der Waals surface area contributed by atoms with E-state index in [0.29, 0.717) is 6.42 Å². The van der Waals surface area contributed by atoms with Gasteiger partial charge in [-0.2, -0.15) is 0 Å². The SMILES string of the molecule is CCC(C)C(NC(=O)C(CCCN=C(N)N)NC(=O)C(N)CCC(=O)O)C(=O)NC(CCC(=O)O)C(=O)O. The summed E-state index contributed by atoms with van der Waals surface area (Å²) in [5.41, 5.74) is 16.3. The summed E-state index contributed by atoms with van der Waals surface area (Å²) in [6, 6.07) is -5.12. The van der Waals surface area contributed by atoms with Gasteiger partial charge in [-0.05, 0) is 31.6 Å². The minimum atomic E-state index is -1.50. The average Bonchev–Trinajstić information content (AvgIpc) is 2.83. The van der Waals surface area contributed by atoms with Crippen LogP contribution in [-0.4, -0.2) is 87.6 Å². The van der Waals surface area contributed by atoms with E-state index < -0.39 is 72.1 Å². The normalized spacial score (nSPS) is 14.6. The molecule has 5 atom stereocenters. The molecule has 0 saturated heterocycles. The van der Waals surface area contributed by atoms with Crippen molar-refractivity contribution in [3.05, 3.63) is 0 Å². The van der Waals surface area contributed by atoms with Crippen LogP contribution in [0.2, 0.25) is 0 Å². The van der Waals surface area contributed by atoms with Crippen LogP contribution in [0.4, 0.5) is 0 Å². The summed E-state index contributed by atoms with van der Waals surface area (Å²) >= 11 is 0. The predicted molar refractivity (Wildman–Crippen MR) is 135 cm³/mol. The molecule has 0 rings (SSSR count). The van der Waals surface area contributed by atoms with Crippen LogP contribution < -0.4 is 33.2 Å². The van der Waals surface area contributed by atoms with Crippen LogP contribution in [0.1, 0.15) is 58.8 Å². The minimum absolute atomic E-state index is 0.0329. The van der Waals surface area contributed by atoms with Crippen molar-refractivity contribution < 1.29 is 44.1 Å². The molecule has 0 saturated carbocycles. The second-order valence-electron chi connectivity index (χ2n) is 8.75. The first-order chi connectivity index (χ1) is 17.7. The number of aliphatic carboxylic acids is 3. The molecule has 0 aliphatic carbocycles. The van der Waals surface area contributed by atoms with Crippen LogP contribution in [0.25, 0.3) is 0 Å². The lowest BCUT2D eigenvalue weighted by Gasteiger charge is -2.28. The molecular weight excluding hydrogens is 506 g/mol. The zero-order valence-electron chi connectivity index (χ0n) is 21.5. The summed E-state index contributed by atoms with van der Waals surface area (Å²) < 4.78 is 0. The van der Waals surface area contributed by atoms with E-state index in [1.54, 1.807) is 13.8 Å². The second-order valence-corrected chi connectivity index (χ2v) is 8.75. The molecule has 12 N–H and O–H groups in total. The van der Waals surface area contributed by atoms with E-state index in [0.717, 1.165) is 0 Å². The predicted octanol–water partition coefficient (Wildman–Crippen LogP) is -2.32. The number of carbonyl (C=O) groups excluding carboxylic acids is 3. The first-order valence-electron chi connectivity index (χ1n) is 12.1. The Kier molecular flexibility index (Phi) is 15.7. The topological polar surface area (TPSA) is 290 Å². The maximum Gasteiger partial charge on any atom is 0.326 e. The Balaban J connectivity index is 5.67. The zero-order valence-corrected chi connectivity index (χ0v) is 21.5. The van der Waals surface area contributed by atoms with Crippen molar-refractivity contribution in [2.24, 2.45) is 28.1 Å². The summed E-state index contributed by atoms with van der Waals surface area (Å²) in [4.78, 5) is 75.5. The molecule has 5 unspecified atom stereocenters. The molecule has 0 fully saturated rings. The molecule has 0 aliphatic heterocycles. The number of carboxylic acids is 3. The van der Waals surface area contributed by atoms with E-state index in [9.17, 15) is 33.9 Å². The van der Waals surface area contributed by atoms with E-state index >= 15 is 0 Å². The number of carboxylic acid groups (broad SMARTS) is 3. The van der Waals surface area contributed by atoms with E-state index in [-0.39, 0.29) is 44.6 Å². The lowest BCUT2D eigenvalue weighted by atomic mass is 9.96. The van der Waals surface area contributed by atoms with Crippen LogP contribution in [0.5, 0.6) is 0 Å². The molecule has 0 radical (unpaired) electrons. The molecule has 38 heavy (non-hydrogen) atoms. The second kappa shape index (κ2) is 17.5. The fourth-order valence-corrected chi connectivity index (χ4v) is 3.20. The third kappa shape index (κ3) is 14.0. The van der Waals surface area contributed by atoms with Crippen LogP contribution in [-0.2, 0) is 28.8 Å². The van der Waals surface area contributed by atoms with E-state index in [1.807, 2.05) is 0 Å². The van der Waals surface area contributed by atoms with E-state index in [2.05, 4.69) is 20.9 Å². The third-order valence-corrected chi connectivity index (χ3v) is 5.64. The lowest BCUT2D eigenvalue weighted by Crippen LogP contribution is -2.58. The van der Waals surface area contributed by atoms with Gasteiger partial charge in [0.1, 0.15) is 18.1 Å². The maximum atomic E-state index is 13.1. The van der Waals surface area contributed by atoms with E-state index in [4.69, 9.17) is 27.4 Å². The number of hydrogen-bond acceptors (Lipinski definition) is 8. The largest absolute Gasteiger partial charge is 0.481 e. The highest BCUT2D eigenvalue weighted by molar-refractivity contribution is 5.94. The molecule has 216 valence electrons. The van der Waals surface area contributed by atoms with Gasteiger partial charge < -0.3 is 48.5 Å². The number of nitrogens with two attached hydrogens (primary N) is 3. The van der Waals surface area contributed by atoms with Crippen molar-refractivity contribution in [2.45, 2.75) is 83.0 Å². The Morgan fingerprint density at radius 3 is 1.84 bits per heavy atom. The molecule has 16 nitrogen and oxygen atoms in total. The number of rotatable bonds is 19. The van der Waals surface area contributed by atoms with Gasteiger partial charge in [0.25, 0.3) is 0 Å². The highest BCUT2D eigenvalue weighted by Crippen LogP contribution is 2.11. The van der Waals surface area contributed by atoms with Crippen LogP contribution in [0, 0.1) is 5.92 Å². The summed E-state index contributed by atoms with van der Waals surface area (Å²) in [7, 11) is 0. The van der Waals surface area contributed by atoms with Crippen molar-refractivity contribution >= 4 is 41.6 Å². The van der Waals surface area contributed by atoms with Gasteiger partial charge in [0.05, 0.1) is 6.04 Å². The molecule has 0 heterocycles. The smallest absolute Gasteiger partial charge is 0.326 e. The monoisotopic (exact) mass is 545 g/mol. The fraction of sp³-hybridized carbons (Fsp3) is 0.682. The van der Waals surface area contributed by atoms with Gasteiger partial charge in [-0.1, -0.05) is 20.3 Å². The average molecular weight is 546 g/mol. The van der Waals surface area contributed by atoms with E-state index in [1.165, 1.54) is 0 Å². The van der Waals surface area contributed by atoms with Crippen LogP contribution >= 0.6 is 0 Å². The van der Waals surface area contributed by atoms with Crippen molar-refractivity contribution in [3.8, 4) is 0 Å². The van der Waals surface area contributed by atoms with Crippen molar-refractivity contribution in [1.29, 1.82) is 0 Å². The quantitative estimate of drug-likeness (QED) is 0.0469. The number of carbonyl (C=O) groups is 6. The Bertz CT molecular complexity index is 877. The molecule has 0 aliphatic rings. The summed E-state index contributed by atoms with van der Waals surface area (Å²) in [5.74, 6) is -6.85. The molecular formula is C22H39N7O9. The highest BCUT2D eigenvalue weighted by atomic mass is 16.4. The van der Waals surface area contributed by atoms with Gasteiger partial charge in [0, 0.05) is 19.4 Å². The zero-order chi connectivity index (χ0) is 29.4. The molecule has 0 aromatic carbocycles. The summed E-state index contributed by atoms with van der Waals surface area (Å²) in [6.45, 7) is 3.52. The van der Waals surface area contributed by atoms with Gasteiger partial charge >= 0.3 is 17.9 Å².